The molecule has 0 aliphatic carbocycles. The van der Waals surface area contributed by atoms with E-state index in [-0.39, 0.29) is 0 Å². The minimum absolute atomic E-state index is 0.819. The number of unbranched alkanes of at least 4 members (excludes halogenated alkanes) is 2. The van der Waals surface area contributed by atoms with Gasteiger partial charge in [0.05, 0.1) is 6.61 Å². The maximum absolute atomic E-state index is 5.60. The lowest BCUT2D eigenvalue weighted by Crippen LogP contribution is -2.01. The second kappa shape index (κ2) is 8.03. The van der Waals surface area contributed by atoms with Gasteiger partial charge in [-0.25, -0.2) is 0 Å². The van der Waals surface area contributed by atoms with Gasteiger partial charge in [0.1, 0.15) is 5.75 Å². The van der Waals surface area contributed by atoms with Crippen molar-refractivity contribution in [1.82, 2.24) is 0 Å². The molecule has 0 heterocycles. The lowest BCUT2D eigenvalue weighted by atomic mass is 10.3. The summed E-state index contributed by atoms with van der Waals surface area (Å²) < 4.78 is 5.60. The van der Waals surface area contributed by atoms with Crippen LogP contribution in [-0.4, -0.2) is 13.2 Å². The predicted octanol–water partition coefficient (Wildman–Crippen LogP) is 4.08. The molecule has 0 fully saturated rings. The molecule has 0 aliphatic heterocycles. The van der Waals surface area contributed by atoms with Crippen molar-refractivity contribution >= 4 is 5.69 Å². The highest BCUT2D eigenvalue weighted by Gasteiger charge is 1.94. The molecule has 2 nitrogen and oxygen atoms in total. The molecule has 90 valence electrons. The van der Waals surface area contributed by atoms with Crippen molar-refractivity contribution in [2.75, 3.05) is 18.5 Å². The van der Waals surface area contributed by atoms with Crippen LogP contribution in [0.2, 0.25) is 0 Å². The molecule has 0 saturated carbocycles. The number of benzene rings is 1. The first-order valence-electron chi connectivity index (χ1n) is 6.33. The van der Waals surface area contributed by atoms with Crippen LogP contribution in [0.5, 0.6) is 5.75 Å². The van der Waals surface area contributed by atoms with E-state index in [1.165, 1.54) is 24.9 Å². The van der Waals surface area contributed by atoms with E-state index in [1.54, 1.807) is 0 Å². The number of hydrogen-bond acceptors (Lipinski definition) is 2. The van der Waals surface area contributed by atoms with Crippen LogP contribution in [0.4, 0.5) is 5.69 Å². The van der Waals surface area contributed by atoms with Gasteiger partial charge in [0.2, 0.25) is 0 Å². The summed E-state index contributed by atoms with van der Waals surface area (Å²) in [6.07, 6.45) is 4.74. The summed E-state index contributed by atoms with van der Waals surface area (Å²) in [7, 11) is 0. The van der Waals surface area contributed by atoms with E-state index in [9.17, 15) is 0 Å². The van der Waals surface area contributed by atoms with Crippen LogP contribution in [0, 0.1) is 0 Å². The zero-order valence-electron chi connectivity index (χ0n) is 10.5. The fourth-order valence-corrected chi connectivity index (χ4v) is 1.41. The third-order valence-corrected chi connectivity index (χ3v) is 2.48. The quantitative estimate of drug-likeness (QED) is 0.668. The average molecular weight is 221 g/mol. The maximum Gasteiger partial charge on any atom is 0.119 e. The largest absolute Gasteiger partial charge is 0.494 e. The van der Waals surface area contributed by atoms with Crippen molar-refractivity contribution in [2.45, 2.75) is 39.5 Å². The standard InChI is InChI=1S/C14H23NO/c1-3-5-11-15-13-7-9-14(10-8-13)16-12-6-4-2/h7-10,15H,3-6,11-12H2,1-2H3. The topological polar surface area (TPSA) is 21.3 Å². The zero-order chi connectivity index (χ0) is 11.6. The second-order valence-electron chi connectivity index (χ2n) is 4.01. The summed E-state index contributed by atoms with van der Waals surface area (Å²) in [6.45, 7) is 6.24. The molecule has 0 aliphatic rings. The minimum Gasteiger partial charge on any atom is -0.494 e. The fraction of sp³-hybridized carbons (Fsp3) is 0.571. The number of ether oxygens (including phenoxy) is 1. The van der Waals surface area contributed by atoms with Crippen LogP contribution >= 0.6 is 0 Å². The van der Waals surface area contributed by atoms with Gasteiger partial charge in [0, 0.05) is 12.2 Å². The van der Waals surface area contributed by atoms with Crippen LogP contribution in [0.15, 0.2) is 24.3 Å². The van der Waals surface area contributed by atoms with Crippen molar-refractivity contribution in [1.29, 1.82) is 0 Å². The monoisotopic (exact) mass is 221 g/mol. The van der Waals surface area contributed by atoms with Gasteiger partial charge in [-0.15, -0.1) is 0 Å². The molecular formula is C14H23NO. The molecule has 0 bridgehead atoms. The Morgan fingerprint density at radius 3 is 2.31 bits per heavy atom. The van der Waals surface area contributed by atoms with Crippen LogP contribution < -0.4 is 10.1 Å². The molecule has 0 atom stereocenters. The number of hydrogen-bond donors (Lipinski definition) is 1. The summed E-state index contributed by atoms with van der Waals surface area (Å²) >= 11 is 0. The third kappa shape index (κ3) is 5.06. The van der Waals surface area contributed by atoms with Gasteiger partial charge in [-0.05, 0) is 37.1 Å². The first-order valence-corrected chi connectivity index (χ1v) is 6.33. The van der Waals surface area contributed by atoms with Gasteiger partial charge < -0.3 is 10.1 Å². The van der Waals surface area contributed by atoms with Crippen LogP contribution in [0.25, 0.3) is 0 Å². The smallest absolute Gasteiger partial charge is 0.119 e. The SMILES string of the molecule is CCCCNc1ccc(OCCCC)cc1. The Morgan fingerprint density at radius 1 is 1.00 bits per heavy atom. The molecule has 2 heteroatoms. The Bertz CT molecular complexity index is 240. The van der Waals surface area contributed by atoms with Crippen molar-refractivity contribution in [3.8, 4) is 5.75 Å². The Morgan fingerprint density at radius 2 is 1.69 bits per heavy atom. The van der Waals surface area contributed by atoms with E-state index in [0.717, 1.165) is 25.3 Å². The Hall–Kier alpha value is -1.18. The molecular weight excluding hydrogens is 198 g/mol. The summed E-state index contributed by atoms with van der Waals surface area (Å²) in [5.41, 5.74) is 1.18. The molecule has 1 N–H and O–H groups in total. The lowest BCUT2D eigenvalue weighted by Gasteiger charge is -2.08. The van der Waals surface area contributed by atoms with Crippen molar-refractivity contribution < 1.29 is 4.74 Å². The molecule has 0 aromatic heterocycles. The number of nitrogens with one attached hydrogen (secondary N) is 1. The summed E-state index contributed by atoms with van der Waals surface area (Å²) in [5, 5.41) is 3.38. The van der Waals surface area contributed by atoms with Crippen molar-refractivity contribution in [3.05, 3.63) is 24.3 Å². The third-order valence-electron chi connectivity index (χ3n) is 2.48. The Kier molecular flexibility index (Phi) is 6.47. The van der Waals surface area contributed by atoms with Crippen LogP contribution in [-0.2, 0) is 0 Å². The Labute approximate surface area is 99.0 Å². The van der Waals surface area contributed by atoms with Gasteiger partial charge in [0.25, 0.3) is 0 Å². The van der Waals surface area contributed by atoms with Gasteiger partial charge in [-0.1, -0.05) is 26.7 Å². The summed E-state index contributed by atoms with van der Waals surface area (Å²) in [4.78, 5) is 0. The Balaban J connectivity index is 2.30. The highest BCUT2D eigenvalue weighted by molar-refractivity contribution is 5.46. The molecule has 0 spiro atoms. The van der Waals surface area contributed by atoms with Gasteiger partial charge >= 0.3 is 0 Å². The normalized spacial score (nSPS) is 10.1. The van der Waals surface area contributed by atoms with E-state index in [2.05, 4.69) is 31.3 Å². The van der Waals surface area contributed by atoms with Gasteiger partial charge in [-0.2, -0.15) is 0 Å². The number of anilines is 1. The molecule has 0 unspecified atom stereocenters. The molecule has 0 radical (unpaired) electrons. The van der Waals surface area contributed by atoms with Crippen LogP contribution in [0.3, 0.4) is 0 Å². The average Bonchev–Trinajstić information content (AvgIpc) is 2.32. The van der Waals surface area contributed by atoms with Gasteiger partial charge in [0.15, 0.2) is 0 Å². The van der Waals surface area contributed by atoms with Crippen LogP contribution in [0.1, 0.15) is 39.5 Å². The summed E-state index contributed by atoms with van der Waals surface area (Å²) in [5.74, 6) is 0.967. The molecule has 16 heavy (non-hydrogen) atoms. The molecule has 0 amide bonds. The van der Waals surface area contributed by atoms with Crippen molar-refractivity contribution in [3.63, 3.8) is 0 Å². The van der Waals surface area contributed by atoms with E-state index in [0.29, 0.717) is 0 Å². The summed E-state index contributed by atoms with van der Waals surface area (Å²) in [6, 6.07) is 8.22. The highest BCUT2D eigenvalue weighted by Crippen LogP contribution is 2.15. The van der Waals surface area contributed by atoms with Crippen molar-refractivity contribution in [2.24, 2.45) is 0 Å². The first-order chi connectivity index (χ1) is 7.86. The second-order valence-corrected chi connectivity index (χ2v) is 4.01. The zero-order valence-corrected chi connectivity index (χ0v) is 10.5. The van der Waals surface area contributed by atoms with E-state index < -0.39 is 0 Å². The predicted molar refractivity (Wildman–Crippen MR) is 70.2 cm³/mol. The van der Waals surface area contributed by atoms with E-state index in [4.69, 9.17) is 4.74 Å². The van der Waals surface area contributed by atoms with Gasteiger partial charge in [-0.3, -0.25) is 0 Å². The number of rotatable bonds is 8. The molecule has 1 aromatic carbocycles. The minimum atomic E-state index is 0.819. The molecule has 1 aromatic rings. The van der Waals surface area contributed by atoms with E-state index in [1.807, 2.05) is 12.1 Å². The highest BCUT2D eigenvalue weighted by atomic mass is 16.5. The van der Waals surface area contributed by atoms with E-state index >= 15 is 0 Å². The molecule has 0 saturated heterocycles. The first kappa shape index (κ1) is 12.9. The maximum atomic E-state index is 5.60. The molecule has 1 rings (SSSR count). The fourth-order valence-electron chi connectivity index (χ4n) is 1.41. The lowest BCUT2D eigenvalue weighted by molar-refractivity contribution is 0.309.